The van der Waals surface area contributed by atoms with Crippen molar-refractivity contribution in [2.24, 2.45) is 0 Å². The van der Waals surface area contributed by atoms with Gasteiger partial charge >= 0.3 is 5.97 Å². The molecule has 1 aromatic heterocycles. The van der Waals surface area contributed by atoms with Crippen LogP contribution in [0, 0.1) is 0 Å². The molecule has 0 bridgehead atoms. The summed E-state index contributed by atoms with van der Waals surface area (Å²) in [6.45, 7) is 0. The second-order valence-electron chi connectivity index (χ2n) is 2.48. The van der Waals surface area contributed by atoms with Crippen molar-refractivity contribution in [1.29, 1.82) is 0 Å². The van der Waals surface area contributed by atoms with Gasteiger partial charge in [-0.3, -0.25) is 0 Å². The first-order valence-corrected chi connectivity index (χ1v) is 4.92. The van der Waals surface area contributed by atoms with E-state index in [2.05, 4.69) is 26.2 Å². The second-order valence-corrected chi connectivity index (χ2v) is 4.76. The second kappa shape index (κ2) is 2.70. The van der Waals surface area contributed by atoms with E-state index < -0.39 is 12.0 Å². The number of aromatic nitrogens is 1. The van der Waals surface area contributed by atoms with Crippen LogP contribution in [0.15, 0.2) is 3.92 Å². The van der Waals surface area contributed by atoms with Gasteiger partial charge in [0, 0.05) is 6.42 Å². The van der Waals surface area contributed by atoms with Crippen molar-refractivity contribution in [2.75, 3.05) is 5.32 Å². The Labute approximate surface area is 80.8 Å². The Bertz CT molecular complexity index is 315. The lowest BCUT2D eigenvalue weighted by molar-refractivity contribution is -0.137. The van der Waals surface area contributed by atoms with Gasteiger partial charge in [0.25, 0.3) is 0 Å². The Kier molecular flexibility index (Phi) is 1.80. The van der Waals surface area contributed by atoms with Crippen molar-refractivity contribution in [1.82, 2.24) is 4.98 Å². The van der Waals surface area contributed by atoms with Gasteiger partial charge in [-0.1, -0.05) is 11.3 Å². The van der Waals surface area contributed by atoms with Gasteiger partial charge in [0.05, 0.1) is 5.69 Å². The van der Waals surface area contributed by atoms with Gasteiger partial charge in [0.15, 0.2) is 3.92 Å². The van der Waals surface area contributed by atoms with Crippen LogP contribution in [-0.4, -0.2) is 22.1 Å². The minimum absolute atomic E-state index is 0.479. The predicted molar refractivity (Wildman–Crippen MR) is 48.6 cm³/mol. The quantitative estimate of drug-likeness (QED) is 0.788. The number of hydrogen-bond donors (Lipinski definition) is 2. The van der Waals surface area contributed by atoms with Crippen molar-refractivity contribution in [3.63, 3.8) is 0 Å². The summed E-state index contributed by atoms with van der Waals surface area (Å²) < 4.78 is 0.795. The number of carbonyl (C=O) groups is 1. The molecule has 1 aromatic rings. The van der Waals surface area contributed by atoms with E-state index in [1.807, 2.05) is 0 Å². The lowest BCUT2D eigenvalue weighted by Gasteiger charge is -2.02. The molecule has 2 heterocycles. The molecule has 0 saturated heterocycles. The number of carboxylic acid groups (broad SMARTS) is 1. The average Bonchev–Trinajstić information content (AvgIpc) is 2.42. The van der Waals surface area contributed by atoms with E-state index in [9.17, 15) is 4.79 Å². The van der Waals surface area contributed by atoms with Crippen LogP contribution >= 0.6 is 27.3 Å². The summed E-state index contributed by atoms with van der Waals surface area (Å²) in [5, 5.41) is 12.4. The summed E-state index contributed by atoms with van der Waals surface area (Å²) in [7, 11) is 0. The summed E-state index contributed by atoms with van der Waals surface area (Å²) in [5.41, 5.74) is 0.847. The Morgan fingerprint density at radius 2 is 2.58 bits per heavy atom. The SMILES string of the molecule is O=C(O)C1Cc2nc(Br)sc2N1. The number of carboxylic acids is 1. The molecule has 2 N–H and O–H groups in total. The van der Waals surface area contributed by atoms with E-state index >= 15 is 0 Å². The molecule has 1 aliphatic rings. The van der Waals surface area contributed by atoms with Crippen LogP contribution in [0.5, 0.6) is 0 Å². The van der Waals surface area contributed by atoms with E-state index in [0.29, 0.717) is 6.42 Å². The first kappa shape index (κ1) is 8.00. The lowest BCUT2D eigenvalue weighted by atomic mass is 10.2. The molecule has 0 aliphatic carbocycles. The van der Waals surface area contributed by atoms with Crippen LogP contribution in [0.25, 0.3) is 0 Å². The first-order chi connectivity index (χ1) is 5.66. The van der Waals surface area contributed by atoms with Crippen molar-refractivity contribution >= 4 is 38.2 Å². The number of anilines is 1. The Morgan fingerprint density at radius 1 is 1.83 bits per heavy atom. The molecular formula is C6H5BrN2O2S. The Hall–Kier alpha value is -0.620. The molecule has 0 saturated carbocycles. The number of nitrogens with one attached hydrogen (secondary N) is 1. The van der Waals surface area contributed by atoms with Gasteiger partial charge in [-0.25, -0.2) is 9.78 Å². The monoisotopic (exact) mass is 248 g/mol. The van der Waals surface area contributed by atoms with Gasteiger partial charge in [-0.05, 0) is 15.9 Å². The van der Waals surface area contributed by atoms with Crippen molar-refractivity contribution in [3.05, 3.63) is 9.61 Å². The maximum Gasteiger partial charge on any atom is 0.326 e. The molecule has 2 rings (SSSR count). The highest BCUT2D eigenvalue weighted by molar-refractivity contribution is 9.11. The molecule has 64 valence electrons. The molecule has 0 fully saturated rings. The molecule has 1 aliphatic heterocycles. The lowest BCUT2D eigenvalue weighted by Crippen LogP contribution is -2.26. The predicted octanol–water partition coefficient (Wildman–Crippen LogP) is 1.33. The fourth-order valence-electron chi connectivity index (χ4n) is 1.13. The van der Waals surface area contributed by atoms with E-state index in [-0.39, 0.29) is 0 Å². The maximum absolute atomic E-state index is 10.6. The van der Waals surface area contributed by atoms with Gasteiger partial charge in [0.1, 0.15) is 11.0 Å². The molecular weight excluding hydrogens is 244 g/mol. The molecule has 1 atom stereocenters. The first-order valence-electron chi connectivity index (χ1n) is 3.31. The minimum atomic E-state index is -0.823. The third-order valence-electron chi connectivity index (χ3n) is 1.67. The molecule has 0 spiro atoms. The van der Waals surface area contributed by atoms with E-state index in [0.717, 1.165) is 14.6 Å². The van der Waals surface area contributed by atoms with Crippen LogP contribution in [0.1, 0.15) is 5.69 Å². The zero-order valence-corrected chi connectivity index (χ0v) is 8.28. The zero-order chi connectivity index (χ0) is 8.72. The number of halogens is 1. The summed E-state index contributed by atoms with van der Waals surface area (Å²) in [5.74, 6) is -0.823. The molecule has 0 radical (unpaired) electrons. The topological polar surface area (TPSA) is 62.2 Å². The Balaban J connectivity index is 2.24. The van der Waals surface area contributed by atoms with Crippen LogP contribution in [0.2, 0.25) is 0 Å². The van der Waals surface area contributed by atoms with Crippen molar-refractivity contribution < 1.29 is 9.90 Å². The average molecular weight is 249 g/mol. The summed E-state index contributed by atoms with van der Waals surface area (Å²) in [4.78, 5) is 14.7. The zero-order valence-electron chi connectivity index (χ0n) is 5.87. The highest BCUT2D eigenvalue weighted by Crippen LogP contribution is 2.34. The standard InChI is InChI=1S/C6H5BrN2O2S/c7-6-9-2-1-3(5(10)11)8-4(2)12-6/h3,8H,1H2,(H,10,11). The van der Waals surface area contributed by atoms with Gasteiger partial charge in [0.2, 0.25) is 0 Å². The summed E-state index contributed by atoms with van der Waals surface area (Å²) in [6, 6.07) is -0.494. The number of fused-ring (bicyclic) bond motifs is 1. The van der Waals surface area contributed by atoms with Crippen molar-refractivity contribution in [2.45, 2.75) is 12.5 Å². The minimum Gasteiger partial charge on any atom is -0.480 e. The van der Waals surface area contributed by atoms with Gasteiger partial charge in [-0.2, -0.15) is 0 Å². The van der Waals surface area contributed by atoms with E-state index in [4.69, 9.17) is 5.11 Å². The largest absolute Gasteiger partial charge is 0.480 e. The molecule has 0 aromatic carbocycles. The number of nitrogens with zero attached hydrogens (tertiary/aromatic N) is 1. The van der Waals surface area contributed by atoms with E-state index in [1.165, 1.54) is 11.3 Å². The third kappa shape index (κ3) is 1.21. The molecule has 12 heavy (non-hydrogen) atoms. The van der Waals surface area contributed by atoms with E-state index in [1.54, 1.807) is 0 Å². The van der Waals surface area contributed by atoms with Gasteiger partial charge < -0.3 is 10.4 Å². The van der Waals surface area contributed by atoms with Crippen LogP contribution in [0.3, 0.4) is 0 Å². The number of aliphatic carboxylic acids is 1. The summed E-state index contributed by atoms with van der Waals surface area (Å²) >= 11 is 4.66. The summed E-state index contributed by atoms with van der Waals surface area (Å²) in [6.07, 6.45) is 0.479. The highest BCUT2D eigenvalue weighted by Gasteiger charge is 2.29. The van der Waals surface area contributed by atoms with Crippen LogP contribution in [-0.2, 0) is 11.2 Å². The maximum atomic E-state index is 10.6. The van der Waals surface area contributed by atoms with Gasteiger partial charge in [-0.15, -0.1) is 0 Å². The fourth-order valence-corrected chi connectivity index (χ4v) is 2.60. The highest BCUT2D eigenvalue weighted by atomic mass is 79.9. The van der Waals surface area contributed by atoms with Crippen LogP contribution < -0.4 is 5.32 Å². The van der Waals surface area contributed by atoms with Crippen LogP contribution in [0.4, 0.5) is 5.00 Å². The molecule has 6 heteroatoms. The molecule has 0 amide bonds. The molecule has 1 unspecified atom stereocenters. The van der Waals surface area contributed by atoms with Crippen molar-refractivity contribution in [3.8, 4) is 0 Å². The molecule has 4 nitrogen and oxygen atoms in total. The number of hydrogen-bond acceptors (Lipinski definition) is 4. The Morgan fingerprint density at radius 3 is 3.17 bits per heavy atom. The number of thiazole rings is 1. The number of rotatable bonds is 1. The third-order valence-corrected chi connectivity index (χ3v) is 3.15. The smallest absolute Gasteiger partial charge is 0.326 e. The fraction of sp³-hybridized carbons (Fsp3) is 0.333. The normalized spacial score (nSPS) is 20.2.